The van der Waals surface area contributed by atoms with E-state index in [2.05, 4.69) is 133 Å². The highest BCUT2D eigenvalue weighted by atomic mass is 16.7. The highest BCUT2D eigenvalue weighted by Gasteiger charge is 2.16. The van der Waals surface area contributed by atoms with Gasteiger partial charge in [-0.25, -0.2) is 0 Å². The maximum absolute atomic E-state index is 5.39. The van der Waals surface area contributed by atoms with Crippen LogP contribution in [0, 0.1) is 61.2 Å². The Morgan fingerprint density at radius 2 is 0.594 bits per heavy atom. The van der Waals surface area contributed by atoms with Gasteiger partial charge in [-0.05, 0) is 155 Å². The van der Waals surface area contributed by atoms with E-state index >= 15 is 0 Å². The quantitative estimate of drug-likeness (QED) is 0.242. The van der Waals surface area contributed by atoms with Gasteiger partial charge >= 0.3 is 0 Å². The van der Waals surface area contributed by atoms with Crippen LogP contribution in [-0.2, 0) is 28.4 Å². The first-order valence-electron chi connectivity index (χ1n) is 26.3. The summed E-state index contributed by atoms with van der Waals surface area (Å²) in [6.45, 7) is 40.2. The SMILES string of the molecule is CC1=CCC(C)CC1.CC1=CCC(C)CC1.CC1CCC(C)CC1.CC1CCC(C)OC1.CC1CCC(C)OC1.CC1COC(C)OC1.CC1COC(C)OC1.Cc1ccc(C)cc1. The van der Waals surface area contributed by atoms with Gasteiger partial charge in [0.25, 0.3) is 0 Å². The fourth-order valence-corrected chi connectivity index (χ4v) is 7.68. The third-order valence-corrected chi connectivity index (χ3v) is 13.2. The summed E-state index contributed by atoms with van der Waals surface area (Å²) in [5.74, 6) is 6.67. The summed E-state index contributed by atoms with van der Waals surface area (Å²) in [6, 6.07) is 8.48. The molecule has 0 radical (unpaired) electrons. The Hall–Kier alpha value is -1.54. The van der Waals surface area contributed by atoms with Gasteiger partial charge in [-0.3, -0.25) is 0 Å². The van der Waals surface area contributed by atoms with Gasteiger partial charge < -0.3 is 28.4 Å². The molecule has 1 aromatic rings. The third-order valence-electron chi connectivity index (χ3n) is 13.2. The van der Waals surface area contributed by atoms with Gasteiger partial charge in [-0.15, -0.1) is 0 Å². The molecule has 0 amide bonds. The maximum atomic E-state index is 5.39. The summed E-state index contributed by atoms with van der Waals surface area (Å²) < 4.78 is 31.5. The van der Waals surface area contributed by atoms with Gasteiger partial charge in [0.05, 0.1) is 38.6 Å². The van der Waals surface area contributed by atoms with Crippen LogP contribution in [0.15, 0.2) is 47.6 Å². The standard InChI is InChI=1S/C8H16.2C8H14.C8H10.2C7H14O.2C6H12O2/c4*1-7-3-5-8(2)6-4-7;2*1-6-3-4-7(2)8-5-6;2*1-5-3-7-6(2)8-4-5/h7-8H,3-6H2,1-2H3;2*3,8H,4-6H2,1-2H3;3-6H,1-2H3;2*6-7H,3-5H2,1-2H3;2*5-6H,3-4H2,1-2H3. The van der Waals surface area contributed by atoms with Crippen LogP contribution < -0.4 is 0 Å². The highest BCUT2D eigenvalue weighted by molar-refractivity contribution is 5.19. The van der Waals surface area contributed by atoms with Crippen molar-refractivity contribution in [3.8, 4) is 0 Å². The van der Waals surface area contributed by atoms with E-state index in [9.17, 15) is 0 Å². The molecule has 0 bridgehead atoms. The Kier molecular flexibility index (Phi) is 34.5. The van der Waals surface area contributed by atoms with Crippen LogP contribution in [0.4, 0.5) is 0 Å². The van der Waals surface area contributed by atoms with E-state index in [1.165, 1.54) is 101 Å². The fourth-order valence-electron chi connectivity index (χ4n) is 7.68. The molecule has 8 rings (SSSR count). The van der Waals surface area contributed by atoms with E-state index in [1.807, 2.05) is 13.8 Å². The summed E-state index contributed by atoms with van der Waals surface area (Å²) in [5.41, 5.74) is 5.83. The van der Waals surface area contributed by atoms with Crippen molar-refractivity contribution in [3.63, 3.8) is 0 Å². The minimum absolute atomic E-state index is 0.0196. The molecule has 3 aliphatic carbocycles. The molecule has 1 saturated carbocycles. The first-order chi connectivity index (χ1) is 30.3. The van der Waals surface area contributed by atoms with E-state index in [1.54, 1.807) is 11.1 Å². The molecule has 5 fully saturated rings. The van der Waals surface area contributed by atoms with Crippen molar-refractivity contribution in [2.24, 2.45) is 47.3 Å². The van der Waals surface area contributed by atoms with E-state index in [0.29, 0.717) is 24.0 Å². The van der Waals surface area contributed by atoms with Gasteiger partial charge in [0.2, 0.25) is 0 Å². The largest absolute Gasteiger partial charge is 0.378 e. The monoisotopic (exact) mass is 899 g/mol. The summed E-state index contributed by atoms with van der Waals surface area (Å²) >= 11 is 0. The van der Waals surface area contributed by atoms with E-state index in [4.69, 9.17) is 28.4 Å². The van der Waals surface area contributed by atoms with Gasteiger partial charge in [0.15, 0.2) is 12.6 Å². The number of allylic oxidation sites excluding steroid dienone is 4. The van der Waals surface area contributed by atoms with Gasteiger partial charge in [0.1, 0.15) is 0 Å². The van der Waals surface area contributed by atoms with Crippen molar-refractivity contribution in [2.45, 2.75) is 225 Å². The molecule has 0 N–H and O–H groups in total. The molecule has 4 aliphatic heterocycles. The second-order valence-electron chi connectivity index (χ2n) is 21.7. The maximum Gasteiger partial charge on any atom is 0.154 e. The van der Waals surface area contributed by atoms with Crippen molar-refractivity contribution < 1.29 is 28.4 Å². The Morgan fingerprint density at radius 1 is 0.312 bits per heavy atom. The number of ether oxygens (including phenoxy) is 6. The average Bonchev–Trinajstić information content (AvgIpc) is 3.28. The molecule has 1 aromatic carbocycles. The Morgan fingerprint density at radius 3 is 0.797 bits per heavy atom. The van der Waals surface area contributed by atoms with Crippen molar-refractivity contribution in [3.05, 3.63) is 58.7 Å². The molecule has 6 nitrogen and oxygen atoms in total. The number of hydrogen-bond donors (Lipinski definition) is 0. The minimum Gasteiger partial charge on any atom is -0.378 e. The topological polar surface area (TPSA) is 55.4 Å². The smallest absolute Gasteiger partial charge is 0.154 e. The van der Waals surface area contributed by atoms with Crippen LogP contribution in [0.5, 0.6) is 0 Å². The zero-order valence-electron chi connectivity index (χ0n) is 45.0. The van der Waals surface area contributed by atoms with E-state index in [0.717, 1.165) is 75.1 Å². The van der Waals surface area contributed by atoms with E-state index < -0.39 is 0 Å². The second-order valence-corrected chi connectivity index (χ2v) is 21.7. The lowest BCUT2D eigenvalue weighted by Gasteiger charge is -2.24. The highest BCUT2D eigenvalue weighted by Crippen LogP contribution is 2.27. The first-order valence-corrected chi connectivity index (χ1v) is 26.3. The summed E-state index contributed by atoms with van der Waals surface area (Å²) in [4.78, 5) is 0. The Bertz CT molecular complexity index is 1050. The first kappa shape index (κ1) is 60.5. The lowest BCUT2D eigenvalue weighted by Crippen LogP contribution is -2.27. The average molecular weight is 899 g/mol. The molecule has 4 saturated heterocycles. The molecule has 374 valence electrons. The molecule has 6 unspecified atom stereocenters. The molecule has 64 heavy (non-hydrogen) atoms. The molecule has 0 spiro atoms. The normalized spacial score (nSPS) is 33.4. The van der Waals surface area contributed by atoms with E-state index in [-0.39, 0.29) is 12.6 Å². The minimum atomic E-state index is 0.0196. The molecule has 7 aliphatic rings. The van der Waals surface area contributed by atoms with Crippen LogP contribution in [0.3, 0.4) is 0 Å². The summed E-state index contributed by atoms with van der Waals surface area (Å²) in [6.07, 6.45) is 25.0. The van der Waals surface area contributed by atoms with Gasteiger partial charge in [0, 0.05) is 25.0 Å². The number of aryl methyl sites for hydroxylation is 2. The predicted octanol–water partition coefficient (Wildman–Crippen LogP) is 16.3. The van der Waals surface area contributed by atoms with Crippen LogP contribution in [-0.4, -0.2) is 64.4 Å². The molecular weight excluding hydrogens is 793 g/mol. The summed E-state index contributed by atoms with van der Waals surface area (Å²) in [7, 11) is 0. The predicted molar refractivity (Wildman–Crippen MR) is 275 cm³/mol. The lowest BCUT2D eigenvalue weighted by atomic mass is 9.84. The van der Waals surface area contributed by atoms with Crippen molar-refractivity contribution in [1.29, 1.82) is 0 Å². The second kappa shape index (κ2) is 36.5. The van der Waals surface area contributed by atoms with Crippen molar-refractivity contribution >= 4 is 0 Å². The summed E-state index contributed by atoms with van der Waals surface area (Å²) in [5, 5.41) is 0. The molecule has 6 heteroatoms. The van der Waals surface area contributed by atoms with Crippen LogP contribution in [0.1, 0.15) is 198 Å². The van der Waals surface area contributed by atoms with Crippen LogP contribution in [0.25, 0.3) is 0 Å². The fraction of sp³-hybridized carbons (Fsp3) is 0.828. The molecule has 4 heterocycles. The van der Waals surface area contributed by atoms with Gasteiger partial charge in [-0.2, -0.15) is 0 Å². The van der Waals surface area contributed by atoms with Crippen LogP contribution in [0.2, 0.25) is 0 Å². The number of hydrogen-bond acceptors (Lipinski definition) is 6. The Labute approximate surface area is 398 Å². The third kappa shape index (κ3) is 34.7. The molecule has 6 atom stereocenters. The van der Waals surface area contributed by atoms with Gasteiger partial charge in [-0.1, -0.05) is 140 Å². The van der Waals surface area contributed by atoms with Crippen LogP contribution >= 0.6 is 0 Å². The van der Waals surface area contributed by atoms with Crippen molar-refractivity contribution in [2.75, 3.05) is 39.6 Å². The molecule has 0 aromatic heterocycles. The number of benzene rings is 1. The lowest BCUT2D eigenvalue weighted by molar-refractivity contribution is -0.187. The zero-order valence-corrected chi connectivity index (χ0v) is 45.0. The number of rotatable bonds is 0. The molecular formula is C58H106O6. The Balaban J connectivity index is 0.000000366. The zero-order chi connectivity index (χ0) is 47.9. The van der Waals surface area contributed by atoms with Crippen molar-refractivity contribution in [1.82, 2.24) is 0 Å².